The molecule has 0 heterocycles. The van der Waals surface area contributed by atoms with E-state index in [0.717, 1.165) is 43.9 Å². The number of carbonyl (C=O) groups excluding carboxylic acids is 2. The highest BCUT2D eigenvalue weighted by Crippen LogP contribution is 2.13. The van der Waals surface area contributed by atoms with E-state index in [2.05, 4.69) is 29.4 Å². The molecular formula is C17H27N3O2. The Balaban J connectivity index is 2.42. The standard InChI is InChI=1S/C17H27N3O2/c1-4-11-20(12-5-2)13-10-17(22)19-16-8-6-15(7-9-16)18-14(3)21/h6-9H,4-5,10-13H2,1-3H3,(H,18,21)(H,19,22). The Morgan fingerprint density at radius 3 is 1.86 bits per heavy atom. The van der Waals surface area contributed by atoms with Crippen molar-refractivity contribution in [2.24, 2.45) is 0 Å². The Labute approximate surface area is 133 Å². The predicted octanol–water partition coefficient (Wildman–Crippen LogP) is 3.10. The second kappa shape index (κ2) is 9.95. The monoisotopic (exact) mass is 305 g/mol. The van der Waals surface area contributed by atoms with E-state index in [4.69, 9.17) is 0 Å². The minimum Gasteiger partial charge on any atom is -0.326 e. The number of nitrogens with one attached hydrogen (secondary N) is 2. The fourth-order valence-electron chi connectivity index (χ4n) is 2.29. The number of anilines is 2. The van der Waals surface area contributed by atoms with Crippen molar-refractivity contribution in [1.29, 1.82) is 0 Å². The molecule has 0 bridgehead atoms. The van der Waals surface area contributed by atoms with Crippen LogP contribution in [0.3, 0.4) is 0 Å². The van der Waals surface area contributed by atoms with Crippen LogP contribution in [0.1, 0.15) is 40.0 Å². The second-order valence-corrected chi connectivity index (χ2v) is 5.40. The maximum absolute atomic E-state index is 12.0. The lowest BCUT2D eigenvalue weighted by atomic mass is 10.2. The highest BCUT2D eigenvalue weighted by Gasteiger charge is 2.07. The smallest absolute Gasteiger partial charge is 0.225 e. The molecule has 22 heavy (non-hydrogen) atoms. The lowest BCUT2D eigenvalue weighted by Crippen LogP contribution is -2.29. The number of hydrogen-bond donors (Lipinski definition) is 2. The third-order valence-electron chi connectivity index (χ3n) is 3.22. The molecule has 0 saturated heterocycles. The number of amides is 2. The summed E-state index contributed by atoms with van der Waals surface area (Å²) in [5, 5.41) is 5.58. The summed E-state index contributed by atoms with van der Waals surface area (Å²) in [5.41, 5.74) is 1.47. The van der Waals surface area contributed by atoms with Gasteiger partial charge < -0.3 is 15.5 Å². The summed E-state index contributed by atoms with van der Waals surface area (Å²) >= 11 is 0. The van der Waals surface area contributed by atoms with Crippen molar-refractivity contribution < 1.29 is 9.59 Å². The molecule has 2 amide bonds. The topological polar surface area (TPSA) is 61.4 Å². The van der Waals surface area contributed by atoms with Crippen LogP contribution >= 0.6 is 0 Å². The van der Waals surface area contributed by atoms with Gasteiger partial charge in [0, 0.05) is 31.3 Å². The van der Waals surface area contributed by atoms with E-state index in [-0.39, 0.29) is 11.8 Å². The molecule has 0 aliphatic rings. The summed E-state index contributed by atoms with van der Waals surface area (Å²) in [6.45, 7) is 8.63. The van der Waals surface area contributed by atoms with Gasteiger partial charge in [-0.2, -0.15) is 0 Å². The van der Waals surface area contributed by atoms with Crippen molar-refractivity contribution in [2.45, 2.75) is 40.0 Å². The minimum atomic E-state index is -0.108. The van der Waals surface area contributed by atoms with E-state index in [9.17, 15) is 9.59 Å². The average molecular weight is 305 g/mol. The summed E-state index contributed by atoms with van der Waals surface area (Å²) in [6, 6.07) is 7.13. The molecule has 2 N–H and O–H groups in total. The van der Waals surface area contributed by atoms with Gasteiger partial charge in [-0.3, -0.25) is 9.59 Å². The first-order valence-electron chi connectivity index (χ1n) is 7.95. The molecular weight excluding hydrogens is 278 g/mol. The first-order valence-corrected chi connectivity index (χ1v) is 7.95. The number of rotatable bonds is 9. The predicted molar refractivity (Wildman–Crippen MR) is 91.0 cm³/mol. The van der Waals surface area contributed by atoms with Crippen LogP contribution < -0.4 is 10.6 Å². The van der Waals surface area contributed by atoms with Gasteiger partial charge in [0.25, 0.3) is 0 Å². The zero-order valence-corrected chi connectivity index (χ0v) is 13.8. The molecule has 0 fully saturated rings. The second-order valence-electron chi connectivity index (χ2n) is 5.40. The SMILES string of the molecule is CCCN(CCC)CCC(=O)Nc1ccc(NC(C)=O)cc1. The Kier molecular flexibility index (Phi) is 8.22. The van der Waals surface area contributed by atoms with Gasteiger partial charge in [-0.15, -0.1) is 0 Å². The Bertz CT molecular complexity index is 465. The quantitative estimate of drug-likeness (QED) is 0.737. The largest absolute Gasteiger partial charge is 0.326 e. The van der Waals surface area contributed by atoms with Crippen LogP contribution in [0.4, 0.5) is 11.4 Å². The Morgan fingerprint density at radius 2 is 1.41 bits per heavy atom. The molecule has 0 atom stereocenters. The lowest BCUT2D eigenvalue weighted by molar-refractivity contribution is -0.116. The number of hydrogen-bond acceptors (Lipinski definition) is 3. The van der Waals surface area contributed by atoms with Crippen LogP contribution in [0.2, 0.25) is 0 Å². The van der Waals surface area contributed by atoms with E-state index in [1.807, 2.05) is 0 Å². The summed E-state index contributed by atoms with van der Waals surface area (Å²) in [4.78, 5) is 25.2. The number of benzene rings is 1. The third kappa shape index (κ3) is 7.22. The van der Waals surface area contributed by atoms with Crippen molar-refractivity contribution in [1.82, 2.24) is 4.90 Å². The first-order chi connectivity index (χ1) is 10.5. The van der Waals surface area contributed by atoms with E-state index >= 15 is 0 Å². The summed E-state index contributed by atoms with van der Waals surface area (Å²) < 4.78 is 0. The molecule has 5 nitrogen and oxygen atoms in total. The molecule has 0 unspecified atom stereocenters. The maximum Gasteiger partial charge on any atom is 0.225 e. The highest BCUT2D eigenvalue weighted by atomic mass is 16.2. The van der Waals surface area contributed by atoms with Crippen molar-refractivity contribution in [2.75, 3.05) is 30.3 Å². The van der Waals surface area contributed by atoms with Crippen LogP contribution in [-0.2, 0) is 9.59 Å². The van der Waals surface area contributed by atoms with Gasteiger partial charge in [0.05, 0.1) is 0 Å². The molecule has 1 aromatic rings. The van der Waals surface area contributed by atoms with Gasteiger partial charge >= 0.3 is 0 Å². The number of nitrogens with zero attached hydrogens (tertiary/aromatic N) is 1. The normalized spacial score (nSPS) is 10.5. The van der Waals surface area contributed by atoms with Gasteiger partial charge in [-0.25, -0.2) is 0 Å². The summed E-state index contributed by atoms with van der Waals surface area (Å²) in [7, 11) is 0. The Morgan fingerprint density at radius 1 is 0.909 bits per heavy atom. The Hall–Kier alpha value is -1.88. The molecule has 1 aromatic carbocycles. The third-order valence-corrected chi connectivity index (χ3v) is 3.22. The molecule has 1 rings (SSSR count). The zero-order chi connectivity index (χ0) is 16.4. The van der Waals surface area contributed by atoms with Gasteiger partial charge in [-0.1, -0.05) is 13.8 Å². The highest BCUT2D eigenvalue weighted by molar-refractivity contribution is 5.92. The fraction of sp³-hybridized carbons (Fsp3) is 0.529. The molecule has 0 saturated carbocycles. The van der Waals surface area contributed by atoms with Crippen molar-refractivity contribution >= 4 is 23.2 Å². The average Bonchev–Trinajstić information content (AvgIpc) is 2.47. The van der Waals surface area contributed by atoms with E-state index in [1.165, 1.54) is 6.92 Å². The van der Waals surface area contributed by atoms with Gasteiger partial charge in [0.1, 0.15) is 0 Å². The van der Waals surface area contributed by atoms with E-state index < -0.39 is 0 Å². The van der Waals surface area contributed by atoms with Crippen LogP contribution in [0.25, 0.3) is 0 Å². The van der Waals surface area contributed by atoms with Crippen LogP contribution in [-0.4, -0.2) is 36.3 Å². The van der Waals surface area contributed by atoms with Crippen LogP contribution in [0, 0.1) is 0 Å². The van der Waals surface area contributed by atoms with Gasteiger partial charge in [0.15, 0.2) is 0 Å². The molecule has 0 aliphatic heterocycles. The summed E-state index contributed by atoms with van der Waals surface area (Å²) in [5.74, 6) is -0.0896. The van der Waals surface area contributed by atoms with Gasteiger partial charge in [-0.05, 0) is 50.2 Å². The van der Waals surface area contributed by atoms with Crippen molar-refractivity contribution in [3.63, 3.8) is 0 Å². The van der Waals surface area contributed by atoms with E-state index in [1.54, 1.807) is 24.3 Å². The molecule has 0 spiro atoms. The zero-order valence-electron chi connectivity index (χ0n) is 13.8. The fourth-order valence-corrected chi connectivity index (χ4v) is 2.29. The molecule has 5 heteroatoms. The lowest BCUT2D eigenvalue weighted by Gasteiger charge is -2.20. The van der Waals surface area contributed by atoms with Crippen LogP contribution in [0.5, 0.6) is 0 Å². The summed E-state index contributed by atoms with van der Waals surface area (Å²) in [6.07, 6.45) is 2.70. The molecule has 0 aliphatic carbocycles. The molecule has 0 aromatic heterocycles. The first kappa shape index (κ1) is 18.2. The maximum atomic E-state index is 12.0. The van der Waals surface area contributed by atoms with Crippen molar-refractivity contribution in [3.8, 4) is 0 Å². The van der Waals surface area contributed by atoms with Gasteiger partial charge in [0.2, 0.25) is 11.8 Å². The van der Waals surface area contributed by atoms with Crippen LogP contribution in [0.15, 0.2) is 24.3 Å². The number of carbonyl (C=O) groups is 2. The molecule has 122 valence electrons. The minimum absolute atomic E-state index is 0.0180. The van der Waals surface area contributed by atoms with E-state index in [0.29, 0.717) is 6.42 Å². The molecule has 0 radical (unpaired) electrons. The van der Waals surface area contributed by atoms with Crippen molar-refractivity contribution in [3.05, 3.63) is 24.3 Å².